The molecule has 0 aliphatic heterocycles. The van der Waals surface area contributed by atoms with E-state index in [4.69, 9.17) is 0 Å². The van der Waals surface area contributed by atoms with Gasteiger partial charge in [-0.3, -0.25) is 0 Å². The lowest BCUT2D eigenvalue weighted by molar-refractivity contribution is 0.329. The van der Waals surface area contributed by atoms with Gasteiger partial charge in [0.1, 0.15) is 5.01 Å². The minimum Gasteiger partial charge on any atom is -0.306 e. The zero-order valence-electron chi connectivity index (χ0n) is 8.92. The van der Waals surface area contributed by atoms with Crippen molar-refractivity contribution in [3.05, 3.63) is 16.6 Å². The Labute approximate surface area is 89.8 Å². The summed E-state index contributed by atoms with van der Waals surface area (Å²) in [6.45, 7) is 5.47. The second kappa shape index (κ2) is 3.99. The Morgan fingerprint density at radius 2 is 2.43 bits per heavy atom. The Morgan fingerprint density at radius 3 is 2.93 bits per heavy atom. The second-order valence-corrected chi connectivity index (χ2v) is 5.24. The van der Waals surface area contributed by atoms with Gasteiger partial charge in [-0.1, -0.05) is 19.8 Å². The summed E-state index contributed by atoms with van der Waals surface area (Å²) >= 11 is 1.77. The van der Waals surface area contributed by atoms with Crippen molar-refractivity contribution in [2.24, 2.45) is 5.92 Å². The third kappa shape index (κ3) is 2.15. The molecule has 1 aromatic rings. The standard InChI is InChI=1S/C11H18N2S/c1-3-13-11(2,8-9-4-5-9)10-12-6-7-14-10/h6-7,9,13H,3-5,8H2,1-2H3. The molecule has 1 atom stereocenters. The molecule has 0 spiro atoms. The Bertz CT molecular complexity index is 279. The molecular weight excluding hydrogens is 192 g/mol. The quantitative estimate of drug-likeness (QED) is 0.808. The zero-order chi connectivity index (χ0) is 10.0. The van der Waals surface area contributed by atoms with Gasteiger partial charge in [0.25, 0.3) is 0 Å². The van der Waals surface area contributed by atoms with Crippen LogP contribution in [-0.2, 0) is 5.54 Å². The number of hydrogen-bond acceptors (Lipinski definition) is 3. The fourth-order valence-electron chi connectivity index (χ4n) is 2.02. The molecule has 0 amide bonds. The summed E-state index contributed by atoms with van der Waals surface area (Å²) in [4.78, 5) is 4.44. The highest BCUT2D eigenvalue weighted by Crippen LogP contribution is 2.40. The summed E-state index contributed by atoms with van der Waals surface area (Å²) in [6, 6.07) is 0. The summed E-state index contributed by atoms with van der Waals surface area (Å²) < 4.78 is 0. The topological polar surface area (TPSA) is 24.9 Å². The Hall–Kier alpha value is -0.410. The lowest BCUT2D eigenvalue weighted by atomic mass is 9.95. The van der Waals surface area contributed by atoms with E-state index in [0.717, 1.165) is 12.5 Å². The molecule has 3 heteroatoms. The monoisotopic (exact) mass is 210 g/mol. The highest BCUT2D eigenvalue weighted by molar-refractivity contribution is 7.09. The van der Waals surface area contributed by atoms with Crippen LogP contribution in [0.25, 0.3) is 0 Å². The van der Waals surface area contributed by atoms with Crippen molar-refractivity contribution in [2.75, 3.05) is 6.54 Å². The molecule has 0 aromatic carbocycles. The number of aromatic nitrogens is 1. The van der Waals surface area contributed by atoms with Gasteiger partial charge in [0.2, 0.25) is 0 Å². The molecule has 1 saturated carbocycles. The van der Waals surface area contributed by atoms with E-state index >= 15 is 0 Å². The van der Waals surface area contributed by atoms with Crippen LogP contribution >= 0.6 is 11.3 Å². The highest BCUT2D eigenvalue weighted by atomic mass is 32.1. The number of rotatable bonds is 5. The average Bonchev–Trinajstić information content (AvgIpc) is 2.80. The van der Waals surface area contributed by atoms with Crippen LogP contribution in [0.1, 0.15) is 38.1 Å². The maximum Gasteiger partial charge on any atom is 0.112 e. The summed E-state index contributed by atoms with van der Waals surface area (Å²) in [5.41, 5.74) is 0.115. The molecule has 1 aliphatic rings. The van der Waals surface area contributed by atoms with E-state index < -0.39 is 0 Å². The molecule has 2 nitrogen and oxygen atoms in total. The van der Waals surface area contributed by atoms with Crippen molar-refractivity contribution in [3.63, 3.8) is 0 Å². The number of hydrogen-bond donors (Lipinski definition) is 1. The number of nitrogens with one attached hydrogen (secondary N) is 1. The van der Waals surface area contributed by atoms with E-state index in [0.29, 0.717) is 0 Å². The van der Waals surface area contributed by atoms with Gasteiger partial charge in [-0.05, 0) is 25.8 Å². The van der Waals surface area contributed by atoms with Crippen molar-refractivity contribution in [3.8, 4) is 0 Å². The van der Waals surface area contributed by atoms with Gasteiger partial charge >= 0.3 is 0 Å². The molecule has 1 unspecified atom stereocenters. The molecular formula is C11H18N2S. The SMILES string of the molecule is CCNC(C)(CC1CC1)c1nccs1. The lowest BCUT2D eigenvalue weighted by Crippen LogP contribution is -2.39. The van der Waals surface area contributed by atoms with Crippen molar-refractivity contribution >= 4 is 11.3 Å². The zero-order valence-corrected chi connectivity index (χ0v) is 9.73. The minimum atomic E-state index is 0.115. The largest absolute Gasteiger partial charge is 0.306 e. The summed E-state index contributed by atoms with van der Waals surface area (Å²) in [5, 5.41) is 6.89. The molecule has 1 N–H and O–H groups in total. The molecule has 0 bridgehead atoms. The summed E-state index contributed by atoms with van der Waals surface area (Å²) in [7, 11) is 0. The summed E-state index contributed by atoms with van der Waals surface area (Å²) in [6.07, 6.45) is 5.97. The molecule has 14 heavy (non-hydrogen) atoms. The van der Waals surface area contributed by atoms with Crippen LogP contribution in [0.5, 0.6) is 0 Å². The first kappa shape index (κ1) is 10.1. The maximum absolute atomic E-state index is 4.44. The maximum atomic E-state index is 4.44. The molecule has 0 saturated heterocycles. The minimum absolute atomic E-state index is 0.115. The van der Waals surface area contributed by atoms with Gasteiger partial charge in [-0.15, -0.1) is 11.3 Å². The van der Waals surface area contributed by atoms with Gasteiger partial charge in [0.05, 0.1) is 5.54 Å². The molecule has 1 aromatic heterocycles. The van der Waals surface area contributed by atoms with Crippen molar-refractivity contribution < 1.29 is 0 Å². The van der Waals surface area contributed by atoms with Crippen LogP contribution in [0.2, 0.25) is 0 Å². The van der Waals surface area contributed by atoms with E-state index in [1.165, 1.54) is 24.3 Å². The predicted molar refractivity (Wildman–Crippen MR) is 60.5 cm³/mol. The van der Waals surface area contributed by atoms with Crippen molar-refractivity contribution in [1.82, 2.24) is 10.3 Å². The molecule has 1 fully saturated rings. The normalized spacial score (nSPS) is 20.7. The van der Waals surface area contributed by atoms with E-state index in [-0.39, 0.29) is 5.54 Å². The first-order chi connectivity index (χ1) is 6.74. The van der Waals surface area contributed by atoms with E-state index in [9.17, 15) is 0 Å². The highest BCUT2D eigenvalue weighted by Gasteiger charge is 2.35. The Balaban J connectivity index is 2.11. The van der Waals surface area contributed by atoms with Gasteiger partial charge in [-0.25, -0.2) is 4.98 Å². The Morgan fingerprint density at radius 1 is 1.64 bits per heavy atom. The lowest BCUT2D eigenvalue weighted by Gasteiger charge is -2.28. The third-order valence-electron chi connectivity index (χ3n) is 2.87. The average molecular weight is 210 g/mol. The summed E-state index contributed by atoms with van der Waals surface area (Å²) in [5.74, 6) is 0.933. The molecule has 1 aliphatic carbocycles. The van der Waals surface area contributed by atoms with Crippen LogP contribution in [0, 0.1) is 5.92 Å². The molecule has 0 radical (unpaired) electrons. The molecule has 2 rings (SSSR count). The van der Waals surface area contributed by atoms with E-state index in [1.807, 2.05) is 6.20 Å². The number of thiazole rings is 1. The third-order valence-corrected chi connectivity index (χ3v) is 3.90. The van der Waals surface area contributed by atoms with E-state index in [1.54, 1.807) is 11.3 Å². The van der Waals surface area contributed by atoms with Crippen molar-refractivity contribution in [2.45, 2.75) is 38.6 Å². The van der Waals surface area contributed by atoms with Gasteiger partial charge in [0, 0.05) is 11.6 Å². The van der Waals surface area contributed by atoms with Gasteiger partial charge in [0.15, 0.2) is 0 Å². The fraction of sp³-hybridized carbons (Fsp3) is 0.727. The van der Waals surface area contributed by atoms with Crippen molar-refractivity contribution in [1.29, 1.82) is 0 Å². The number of nitrogens with zero attached hydrogens (tertiary/aromatic N) is 1. The second-order valence-electron chi connectivity index (χ2n) is 4.35. The van der Waals surface area contributed by atoms with Crippen LogP contribution in [-0.4, -0.2) is 11.5 Å². The van der Waals surface area contributed by atoms with Gasteiger partial charge in [-0.2, -0.15) is 0 Å². The molecule has 78 valence electrons. The van der Waals surface area contributed by atoms with Crippen LogP contribution in [0.3, 0.4) is 0 Å². The predicted octanol–water partition coefficient (Wildman–Crippen LogP) is 2.77. The van der Waals surface area contributed by atoms with E-state index in [2.05, 4.69) is 29.5 Å². The van der Waals surface area contributed by atoms with Gasteiger partial charge < -0.3 is 5.32 Å². The van der Waals surface area contributed by atoms with Crippen LogP contribution in [0.15, 0.2) is 11.6 Å². The Kier molecular flexibility index (Phi) is 2.88. The first-order valence-corrected chi connectivity index (χ1v) is 6.27. The smallest absolute Gasteiger partial charge is 0.112 e. The molecule has 1 heterocycles. The first-order valence-electron chi connectivity index (χ1n) is 5.39. The van der Waals surface area contributed by atoms with Crippen LogP contribution < -0.4 is 5.32 Å². The van der Waals surface area contributed by atoms with Crippen LogP contribution in [0.4, 0.5) is 0 Å². The fourth-order valence-corrected chi connectivity index (χ4v) is 2.81.